The molecule has 40 nitrogen and oxygen atoms in total. The molecular formula is C91H150B2Br2F2N18O22S6Si2. The van der Waals surface area contributed by atoms with Crippen LogP contribution in [0.4, 0.5) is 14.7 Å². The highest BCUT2D eigenvalue weighted by Crippen LogP contribution is 2.45. The first kappa shape index (κ1) is 128. The summed E-state index contributed by atoms with van der Waals surface area (Å²) in [5.74, 6) is -2.66. The van der Waals surface area contributed by atoms with E-state index in [1.165, 1.54) is 112 Å². The lowest BCUT2D eigenvalue weighted by Gasteiger charge is -2.42. The molecule has 6 aliphatic heterocycles. The van der Waals surface area contributed by atoms with Crippen LogP contribution in [0.3, 0.4) is 0 Å². The number of amides is 4. The number of hydrogen-bond donors (Lipinski definition) is 10. The predicted molar refractivity (Wildman–Crippen MR) is 578 cm³/mol. The van der Waals surface area contributed by atoms with Gasteiger partial charge in [0.05, 0.1) is 41.1 Å². The van der Waals surface area contributed by atoms with Gasteiger partial charge in [-0.2, -0.15) is 0 Å². The molecule has 54 heteroatoms. The van der Waals surface area contributed by atoms with Crippen LogP contribution in [0.15, 0.2) is 111 Å². The second-order valence-corrected chi connectivity index (χ2v) is 61.2. The van der Waals surface area contributed by atoms with E-state index < -0.39 is 120 Å². The Morgan fingerprint density at radius 1 is 0.448 bits per heavy atom. The molecule has 0 radical (unpaired) electrons. The van der Waals surface area contributed by atoms with Crippen LogP contribution >= 0.6 is 31.9 Å². The summed E-state index contributed by atoms with van der Waals surface area (Å²) in [6.45, 7) is 43.4. The van der Waals surface area contributed by atoms with E-state index in [2.05, 4.69) is 184 Å². The van der Waals surface area contributed by atoms with E-state index in [-0.39, 0.29) is 152 Å². The summed E-state index contributed by atoms with van der Waals surface area (Å²) in [6.07, 6.45) is 1.13. The third-order valence-electron chi connectivity index (χ3n) is 24.9. The number of rotatable bonds is 23. The lowest BCUT2D eigenvalue weighted by Crippen LogP contribution is -2.52. The van der Waals surface area contributed by atoms with Crippen LogP contribution in [0.25, 0.3) is 0 Å². The molecule has 0 spiro atoms. The summed E-state index contributed by atoms with van der Waals surface area (Å²) in [7, 11) is -23.7. The Kier molecular flexibility index (Phi) is 52.4. The molecule has 4 aromatic carbocycles. The van der Waals surface area contributed by atoms with Crippen LogP contribution in [0.5, 0.6) is 11.5 Å². The Morgan fingerprint density at radius 3 is 1.27 bits per heavy atom. The normalized spacial score (nSPS) is 18.0. The highest BCUT2D eigenvalue weighted by molar-refractivity contribution is 9.10. The molecule has 0 bridgehead atoms. The van der Waals surface area contributed by atoms with E-state index in [9.17, 15) is 93.1 Å². The summed E-state index contributed by atoms with van der Waals surface area (Å²) in [5, 5.41) is 34.1. The smallest absolute Gasteiger partial charge is 0.390 e. The monoisotopic (exact) mass is 2310 g/mol. The number of sulfonamides is 6. The highest BCUT2D eigenvalue weighted by Gasteiger charge is 2.51. The number of nitrogens with one attached hydrogen (secondary N) is 8. The minimum atomic E-state index is -3.99. The number of carbonyl (C=O) groups is 4. The third kappa shape index (κ3) is 40.0. The van der Waals surface area contributed by atoms with Gasteiger partial charge in [-0.25, -0.2) is 96.2 Å². The third-order valence-corrected chi connectivity index (χ3v) is 47.9. The summed E-state index contributed by atoms with van der Waals surface area (Å²) >= 11 is 6.66. The minimum Gasteiger partial charge on any atom is -0.537 e. The summed E-state index contributed by atoms with van der Waals surface area (Å²) in [6, 6.07) is 28.4. The zero-order chi connectivity index (χ0) is 109. The number of anilines is 1. The molecule has 4 amide bonds. The molecule has 6 fully saturated rings. The van der Waals surface area contributed by atoms with Gasteiger partial charge >= 0.3 is 14.1 Å². The van der Waals surface area contributed by atoms with E-state index >= 15 is 0 Å². The van der Waals surface area contributed by atoms with Gasteiger partial charge in [-0.15, -0.1) is 0 Å². The van der Waals surface area contributed by atoms with Crippen molar-refractivity contribution >= 4 is 152 Å². The molecule has 10 N–H and O–H groups in total. The lowest BCUT2D eigenvalue weighted by atomic mass is 9.89. The Morgan fingerprint density at radius 2 is 0.828 bits per heavy atom. The van der Waals surface area contributed by atoms with E-state index in [0.717, 1.165) is 50.0 Å². The number of aryl methyl sites for hydroxylation is 2. The fourth-order valence-electron chi connectivity index (χ4n) is 16.9. The number of benzene rings is 4. The van der Waals surface area contributed by atoms with Crippen LogP contribution < -0.4 is 65.0 Å². The van der Waals surface area contributed by atoms with Crippen molar-refractivity contribution in [3.05, 3.63) is 179 Å². The van der Waals surface area contributed by atoms with Gasteiger partial charge < -0.3 is 55.3 Å². The van der Waals surface area contributed by atoms with Crippen molar-refractivity contribution in [2.24, 2.45) is 14.1 Å². The molecule has 6 saturated heterocycles. The number of aromatic nitrogens is 4. The maximum atomic E-state index is 14.0. The molecule has 6 aromatic rings. The van der Waals surface area contributed by atoms with Crippen LogP contribution in [-0.4, -0.2) is 309 Å². The van der Waals surface area contributed by atoms with E-state index in [0.29, 0.717) is 90.6 Å². The second kappa shape index (κ2) is 59.4. The maximum Gasteiger partial charge on any atom is 0.390 e. The van der Waals surface area contributed by atoms with Crippen molar-refractivity contribution in [1.82, 2.24) is 83.0 Å². The first-order valence-corrected chi connectivity index (χ1v) is 64.3. The molecule has 0 atom stereocenters. The van der Waals surface area contributed by atoms with Crippen LogP contribution in [-0.2, 0) is 115 Å². The molecule has 0 unspecified atom stereocenters. The van der Waals surface area contributed by atoms with Crippen molar-refractivity contribution < 1.29 is 97.4 Å². The standard InChI is InChI=1S/C28H42FN5O6SSi.C22H31BrFN3O3Si.C13H21BN2O3S.C9H11Br.C6H12N2O3S.C5H13BN2O3S.2C4H10N2O2S/c1-18(2)42(19(3)4,20(5)6)40-25-24(26(36)30-17-22-9-11-23(29)12-10-22)31-28(32(8)27(25)37)34-14-13-33(21(7)35)15-16-41(34,38)39;1-13(2)31(14(3)4,15(5)6)30-19-18(26-22(23)27(7)21(19)29)20(28)25-12-16-8-10-17(24)11-9-16;1-12-3-5-13(6-4-12)11-15-7-8-16(14(2)17)20(18,19)10-9-15;1-2-8-3-5-9(7-10)6-4-8;1-6(9)8-3-2-7-12(10,11)5-4-8;1-6(9)8-4-2-7-3-5-12(8,10)11;2*7-9(8)4-3-5-1-2-6-9/h9-12,18-20H,13-17H2,1-8H3,(H,30,36);8-11,13-15H,12H2,1-7H3,(H,25,28);3-6,17H,7-11H2,1-2H3;3-6H,2,7H2,1H3;7H,2-5H2,1H3;7,9H,2-5H2,1H3;2*5-6H,1-4H2. The molecule has 814 valence electrons. The zero-order valence-electron chi connectivity index (χ0n) is 86.9. The summed E-state index contributed by atoms with van der Waals surface area (Å²) in [5.41, 5.74) is 5.90. The molecular weight excluding hydrogens is 2170 g/mol. The van der Waals surface area contributed by atoms with E-state index in [1.54, 1.807) is 19.2 Å². The number of halogens is 4. The Labute approximate surface area is 876 Å². The van der Waals surface area contributed by atoms with Gasteiger partial charge in [-0.3, -0.25) is 42.8 Å². The van der Waals surface area contributed by atoms with E-state index in [4.69, 9.17) is 13.9 Å². The number of carbonyl (C=O) groups excluding carboxylic acids is 4. The van der Waals surface area contributed by atoms with Crippen molar-refractivity contribution in [1.29, 1.82) is 0 Å². The number of alkyl halides is 1. The van der Waals surface area contributed by atoms with Gasteiger partial charge in [-0.1, -0.05) is 184 Å². The van der Waals surface area contributed by atoms with Gasteiger partial charge in [0.2, 0.25) is 89.4 Å². The second-order valence-electron chi connectivity index (χ2n) is 37.3. The van der Waals surface area contributed by atoms with Gasteiger partial charge in [0, 0.05) is 164 Å². The molecule has 0 aliphatic carbocycles. The quantitative estimate of drug-likeness (QED) is 0.0189. The molecule has 0 saturated carbocycles. The van der Waals surface area contributed by atoms with Crippen LogP contribution in [0.2, 0.25) is 46.9 Å². The maximum absolute atomic E-state index is 14.0. The molecule has 8 heterocycles. The Bertz CT molecular complexity index is 5920. The van der Waals surface area contributed by atoms with Crippen molar-refractivity contribution in [2.75, 3.05) is 157 Å². The molecule has 2 aromatic heterocycles. The topological polar surface area (TPSA) is 517 Å². The van der Waals surface area contributed by atoms with Crippen molar-refractivity contribution in [3.8, 4) is 11.5 Å². The van der Waals surface area contributed by atoms with Crippen LogP contribution in [0, 0.1) is 18.6 Å². The average Bonchev–Trinajstić information content (AvgIpc) is 1.68. The number of nitrogens with zero attached hydrogens (tertiary/aromatic N) is 10. The minimum absolute atomic E-state index is 0.000391. The van der Waals surface area contributed by atoms with Crippen molar-refractivity contribution in [2.45, 2.75) is 189 Å². The molecule has 145 heavy (non-hydrogen) atoms. The number of hydrogen-bond acceptors (Lipinski definition) is 28. The predicted octanol–water partition coefficient (Wildman–Crippen LogP) is 6.38. The first-order valence-electron chi connectivity index (χ1n) is 48.3. The largest absolute Gasteiger partial charge is 0.537 e. The SMILES string of the molecule is CB(O)N1CCN(Cc2ccc(C)cc2)CCS1(=O)=O.CB(O)N1CCNCCS1(=O)=O.CC(=O)N1CCN(c2nc(C(=O)NCc3ccc(F)cc3)c(O[Si](C(C)C)(C(C)C)C(C)C)c(=O)n2C)S(=O)(=O)CC1.CC(=O)N1CCNS(=O)(=O)CC1.CC(C)[Si](Oc1c(C(=O)NCc2ccc(F)cc2)nc(Br)n(C)c1=O)(C(C)C)C(C)C.CCc1ccc(CBr)cc1.O=S1(=O)CCNCCN1.O=S1(=O)CCNCCN1. The van der Waals surface area contributed by atoms with Gasteiger partial charge in [0.25, 0.3) is 39.6 Å². The highest BCUT2D eigenvalue weighted by atomic mass is 79.9. The van der Waals surface area contributed by atoms with E-state index in [1.807, 2.05) is 48.5 Å². The molecule has 12 rings (SSSR count). The van der Waals surface area contributed by atoms with Crippen LogP contribution in [0.1, 0.15) is 158 Å². The fraction of sp³-hybridized carbons (Fsp3) is 0.604. The van der Waals surface area contributed by atoms with Gasteiger partial charge in [0.1, 0.15) is 11.6 Å². The average molecular weight is 2320 g/mol. The lowest BCUT2D eigenvalue weighted by molar-refractivity contribution is -0.129. The Hall–Kier alpha value is -7.44. The van der Waals surface area contributed by atoms with Crippen molar-refractivity contribution in [3.63, 3.8) is 0 Å². The van der Waals surface area contributed by atoms with Gasteiger partial charge in [0.15, 0.2) is 16.1 Å². The first-order chi connectivity index (χ1) is 67.6. The Balaban J connectivity index is 0.000000314. The summed E-state index contributed by atoms with van der Waals surface area (Å²) in [4.78, 5) is 90.6. The fourth-order valence-corrected chi connectivity index (χ4v) is 35.5. The van der Waals surface area contributed by atoms with Gasteiger partial charge in [-0.05, 0) is 128 Å². The zero-order valence-corrected chi connectivity index (χ0v) is 96.9. The summed E-state index contributed by atoms with van der Waals surface area (Å²) < 4.78 is 191. The molecule has 6 aliphatic rings.